The maximum absolute atomic E-state index is 12.1. The summed E-state index contributed by atoms with van der Waals surface area (Å²) in [6.45, 7) is 6.10. The van der Waals surface area contributed by atoms with Crippen molar-refractivity contribution in [2.24, 2.45) is 0 Å². The van der Waals surface area contributed by atoms with Crippen LogP contribution in [-0.2, 0) is 5.41 Å². The van der Waals surface area contributed by atoms with Crippen LogP contribution < -0.4 is 10.3 Å². The molecule has 106 valence electrons. The monoisotopic (exact) mass is 385 g/mol. The summed E-state index contributed by atoms with van der Waals surface area (Å²) >= 11 is 2.04. The summed E-state index contributed by atoms with van der Waals surface area (Å²) in [6, 6.07) is 3.56. The molecule has 2 aromatic rings. The van der Waals surface area contributed by atoms with Crippen LogP contribution in [0.4, 0.5) is 0 Å². The maximum Gasteiger partial charge on any atom is 0.264 e. The highest BCUT2D eigenvalue weighted by Crippen LogP contribution is 2.25. The second-order valence-electron chi connectivity index (χ2n) is 5.42. The van der Waals surface area contributed by atoms with Crippen molar-refractivity contribution in [3.63, 3.8) is 0 Å². The number of pyridine rings is 1. The molecule has 0 aliphatic rings. The van der Waals surface area contributed by atoms with Crippen LogP contribution in [0.3, 0.4) is 0 Å². The molecule has 2 heterocycles. The number of nitrogens with zero attached hydrogens (tertiary/aromatic N) is 2. The predicted octanol–water partition coefficient (Wildman–Crippen LogP) is 2.74. The Hall–Kier alpha value is -1.44. The van der Waals surface area contributed by atoms with Gasteiger partial charge in [0.15, 0.2) is 0 Å². The molecule has 0 radical (unpaired) electrons. The van der Waals surface area contributed by atoms with Crippen LogP contribution in [0.25, 0.3) is 11.4 Å². The van der Waals surface area contributed by atoms with E-state index in [1.54, 1.807) is 19.4 Å². The highest BCUT2D eigenvalue weighted by Gasteiger charge is 2.22. The zero-order chi connectivity index (χ0) is 14.9. The van der Waals surface area contributed by atoms with Crippen molar-refractivity contribution in [1.82, 2.24) is 15.0 Å². The molecule has 0 fully saturated rings. The van der Waals surface area contributed by atoms with E-state index in [4.69, 9.17) is 4.74 Å². The van der Waals surface area contributed by atoms with E-state index in [2.05, 4.69) is 15.0 Å². The first-order valence-electron chi connectivity index (χ1n) is 6.13. The molecule has 0 amide bonds. The first-order chi connectivity index (χ1) is 9.32. The van der Waals surface area contributed by atoms with E-state index in [-0.39, 0.29) is 11.0 Å². The molecule has 0 aliphatic carbocycles. The minimum Gasteiger partial charge on any atom is -0.481 e. The summed E-state index contributed by atoms with van der Waals surface area (Å²) in [5, 5.41) is 0. The maximum atomic E-state index is 12.1. The summed E-state index contributed by atoms with van der Waals surface area (Å²) in [5.41, 5.74) is 1.22. The second-order valence-corrected chi connectivity index (χ2v) is 6.50. The van der Waals surface area contributed by atoms with E-state index in [9.17, 15) is 4.79 Å². The number of nitrogens with one attached hydrogen (secondary N) is 1. The summed E-state index contributed by atoms with van der Waals surface area (Å²) < 4.78 is 5.65. The van der Waals surface area contributed by atoms with Crippen LogP contribution in [0, 0.1) is 3.57 Å². The van der Waals surface area contributed by atoms with Gasteiger partial charge in [-0.15, -0.1) is 0 Å². The van der Waals surface area contributed by atoms with E-state index in [1.165, 1.54) is 0 Å². The Morgan fingerprint density at radius 3 is 2.50 bits per heavy atom. The van der Waals surface area contributed by atoms with Gasteiger partial charge in [-0.25, -0.2) is 9.97 Å². The lowest BCUT2D eigenvalue weighted by molar-refractivity contribution is 0.398. The van der Waals surface area contributed by atoms with Gasteiger partial charge in [-0.2, -0.15) is 0 Å². The number of hydrogen-bond donors (Lipinski definition) is 1. The Morgan fingerprint density at radius 2 is 2.00 bits per heavy atom. The highest BCUT2D eigenvalue weighted by atomic mass is 127. The third-order valence-electron chi connectivity index (χ3n) is 2.79. The van der Waals surface area contributed by atoms with Gasteiger partial charge in [0, 0.05) is 23.2 Å². The fraction of sp³-hybridized carbons (Fsp3) is 0.357. The first kappa shape index (κ1) is 15.0. The van der Waals surface area contributed by atoms with Crippen LogP contribution in [0.5, 0.6) is 5.88 Å². The van der Waals surface area contributed by atoms with Gasteiger partial charge in [0.05, 0.1) is 12.8 Å². The van der Waals surface area contributed by atoms with E-state index >= 15 is 0 Å². The topological polar surface area (TPSA) is 67.9 Å². The Kier molecular flexibility index (Phi) is 4.12. The van der Waals surface area contributed by atoms with Gasteiger partial charge < -0.3 is 9.72 Å². The van der Waals surface area contributed by atoms with E-state index in [0.29, 0.717) is 15.3 Å². The van der Waals surface area contributed by atoms with Gasteiger partial charge in [-0.05, 0) is 28.7 Å². The predicted molar refractivity (Wildman–Crippen MR) is 86.1 cm³/mol. The second kappa shape index (κ2) is 5.51. The van der Waals surface area contributed by atoms with Gasteiger partial charge in [-0.3, -0.25) is 4.79 Å². The van der Waals surface area contributed by atoms with Crippen molar-refractivity contribution in [1.29, 1.82) is 0 Å². The summed E-state index contributed by atoms with van der Waals surface area (Å²) in [7, 11) is 1.56. The number of H-pyrrole nitrogens is 1. The zero-order valence-electron chi connectivity index (χ0n) is 11.8. The van der Waals surface area contributed by atoms with Crippen LogP contribution in [0.1, 0.15) is 26.5 Å². The Balaban J connectivity index is 2.57. The number of rotatable bonds is 2. The molecule has 0 bridgehead atoms. The van der Waals surface area contributed by atoms with E-state index in [0.717, 1.165) is 11.3 Å². The van der Waals surface area contributed by atoms with Gasteiger partial charge in [0.2, 0.25) is 5.88 Å². The molecule has 0 atom stereocenters. The van der Waals surface area contributed by atoms with Crippen molar-refractivity contribution in [3.8, 4) is 17.3 Å². The quantitative estimate of drug-likeness (QED) is 0.808. The molecule has 0 saturated carbocycles. The van der Waals surface area contributed by atoms with Crippen LogP contribution >= 0.6 is 22.6 Å². The van der Waals surface area contributed by atoms with Crippen molar-refractivity contribution >= 4 is 22.6 Å². The fourth-order valence-electron chi connectivity index (χ4n) is 1.73. The third-order valence-corrected chi connectivity index (χ3v) is 3.79. The van der Waals surface area contributed by atoms with E-state index in [1.807, 2.05) is 49.4 Å². The summed E-state index contributed by atoms with van der Waals surface area (Å²) in [4.78, 5) is 23.6. The van der Waals surface area contributed by atoms with Gasteiger partial charge in [0.25, 0.3) is 5.56 Å². The third kappa shape index (κ3) is 3.00. The largest absolute Gasteiger partial charge is 0.481 e. The minimum absolute atomic E-state index is 0.128. The minimum atomic E-state index is -0.195. The molecule has 2 rings (SSSR count). The van der Waals surface area contributed by atoms with Gasteiger partial charge in [-0.1, -0.05) is 20.8 Å². The molecular weight excluding hydrogens is 369 g/mol. The van der Waals surface area contributed by atoms with Crippen LogP contribution in [0.2, 0.25) is 0 Å². The molecule has 0 saturated heterocycles. The fourth-order valence-corrected chi connectivity index (χ4v) is 2.80. The Morgan fingerprint density at radius 1 is 1.30 bits per heavy atom. The van der Waals surface area contributed by atoms with Crippen molar-refractivity contribution in [2.45, 2.75) is 26.2 Å². The number of ether oxygens (including phenoxy) is 1. The standard InChI is InChI=1S/C14H16IN3O2/c1-14(2,3)11-10(15)13(19)18-12(17-11)8-5-6-9(20-4)16-7-8/h5-7H,1-4H3,(H,17,18,19). The first-order valence-corrected chi connectivity index (χ1v) is 7.21. The number of aromatic amines is 1. The lowest BCUT2D eigenvalue weighted by Gasteiger charge is -2.19. The Labute approximate surface area is 131 Å². The SMILES string of the molecule is COc1ccc(-c2nc(C(C)(C)C)c(I)c(=O)[nH]2)cn1. The highest BCUT2D eigenvalue weighted by molar-refractivity contribution is 14.1. The molecular formula is C14H16IN3O2. The average Bonchev–Trinajstić information content (AvgIpc) is 2.40. The molecule has 0 unspecified atom stereocenters. The molecule has 20 heavy (non-hydrogen) atoms. The average molecular weight is 385 g/mol. The van der Waals surface area contributed by atoms with Crippen molar-refractivity contribution < 1.29 is 4.74 Å². The van der Waals surface area contributed by atoms with Crippen molar-refractivity contribution in [2.75, 3.05) is 7.11 Å². The molecule has 0 spiro atoms. The van der Waals surface area contributed by atoms with E-state index < -0.39 is 0 Å². The normalized spacial score (nSPS) is 11.4. The summed E-state index contributed by atoms with van der Waals surface area (Å²) in [6.07, 6.45) is 1.64. The number of aromatic nitrogens is 3. The molecule has 0 aliphatic heterocycles. The lowest BCUT2D eigenvalue weighted by Crippen LogP contribution is -2.24. The van der Waals surface area contributed by atoms with Crippen molar-refractivity contribution in [3.05, 3.63) is 37.9 Å². The lowest BCUT2D eigenvalue weighted by atomic mass is 9.92. The van der Waals surface area contributed by atoms with Crippen LogP contribution in [-0.4, -0.2) is 22.1 Å². The molecule has 0 aromatic carbocycles. The summed E-state index contributed by atoms with van der Waals surface area (Å²) in [5.74, 6) is 1.05. The Bertz CT molecular complexity index is 672. The molecule has 6 heteroatoms. The number of hydrogen-bond acceptors (Lipinski definition) is 4. The zero-order valence-corrected chi connectivity index (χ0v) is 14.0. The molecule has 2 aromatic heterocycles. The van der Waals surface area contributed by atoms with Gasteiger partial charge >= 0.3 is 0 Å². The number of methoxy groups -OCH3 is 1. The smallest absolute Gasteiger partial charge is 0.264 e. The van der Waals surface area contributed by atoms with Crippen LogP contribution in [0.15, 0.2) is 23.1 Å². The number of halogens is 1. The molecule has 1 N–H and O–H groups in total. The molecule has 5 nitrogen and oxygen atoms in total. The van der Waals surface area contributed by atoms with Gasteiger partial charge in [0.1, 0.15) is 9.39 Å².